The standard InChI is InChI=1S/C27H23ClFN9/c1-15-23(29)9-19(13-32-15)35-25-17(10-30)12-33-27-21(25)7-18(8-22(27)28)34-26(16-3-2-6-31-11-16)24-14-38(37-36-24)20-4-5-20/h2-3,6-9,11-14,20,26,34,36-37H,4-5H2,1H3,(H,33,35)/t26-/m0/s1. The van der Waals surface area contributed by atoms with Gasteiger partial charge >= 0.3 is 0 Å². The van der Waals surface area contributed by atoms with Crippen molar-refractivity contribution in [2.24, 2.45) is 0 Å². The molecule has 6 rings (SSSR count). The van der Waals surface area contributed by atoms with Gasteiger partial charge in [0.2, 0.25) is 0 Å². The van der Waals surface area contributed by atoms with Crippen molar-refractivity contribution in [3.05, 3.63) is 94.7 Å². The van der Waals surface area contributed by atoms with Gasteiger partial charge in [0.05, 0.1) is 51.1 Å². The Labute approximate surface area is 223 Å². The monoisotopic (exact) mass is 527 g/mol. The lowest BCUT2D eigenvalue weighted by molar-refractivity contribution is 0.260. The molecule has 1 aliphatic heterocycles. The maximum absolute atomic E-state index is 14.2. The Balaban J connectivity index is 1.41. The van der Waals surface area contributed by atoms with Crippen LogP contribution in [0.5, 0.6) is 0 Å². The SMILES string of the molecule is Cc1ncc(Nc2c(C#N)cnc3c(Cl)cc(N[C@H](C4=CN(C5CC5)NN4)c4cccnc4)cc23)cc1F. The molecule has 4 N–H and O–H groups in total. The third-order valence-corrected chi connectivity index (χ3v) is 6.82. The van der Waals surface area contributed by atoms with Gasteiger partial charge in [0.15, 0.2) is 0 Å². The normalized spacial score (nSPS) is 15.5. The first-order chi connectivity index (χ1) is 18.5. The van der Waals surface area contributed by atoms with Crippen LogP contribution in [0.15, 0.2) is 67.0 Å². The van der Waals surface area contributed by atoms with Crippen molar-refractivity contribution in [2.75, 3.05) is 10.6 Å². The van der Waals surface area contributed by atoms with Gasteiger partial charge in [-0.2, -0.15) is 5.26 Å². The number of halogens is 2. The number of benzene rings is 1. The number of hydrazine groups is 2. The molecule has 190 valence electrons. The van der Waals surface area contributed by atoms with Crippen LogP contribution in [0.3, 0.4) is 0 Å². The Kier molecular flexibility index (Phi) is 6.15. The Hall–Kier alpha value is -4.46. The van der Waals surface area contributed by atoms with E-state index in [1.165, 1.54) is 18.5 Å². The summed E-state index contributed by atoms with van der Waals surface area (Å²) in [6, 6.07) is 11.3. The summed E-state index contributed by atoms with van der Waals surface area (Å²) in [5.41, 5.74) is 11.0. The van der Waals surface area contributed by atoms with Gasteiger partial charge < -0.3 is 16.1 Å². The van der Waals surface area contributed by atoms with Gasteiger partial charge in [-0.15, -0.1) is 5.53 Å². The van der Waals surface area contributed by atoms with E-state index >= 15 is 0 Å². The highest BCUT2D eigenvalue weighted by Gasteiger charge is 2.32. The molecule has 0 radical (unpaired) electrons. The van der Waals surface area contributed by atoms with E-state index in [4.69, 9.17) is 11.6 Å². The number of nitrogens with zero attached hydrogens (tertiary/aromatic N) is 5. The first-order valence-electron chi connectivity index (χ1n) is 12.1. The molecule has 1 fully saturated rings. The van der Waals surface area contributed by atoms with E-state index in [0.717, 1.165) is 24.1 Å². The van der Waals surface area contributed by atoms with Crippen LogP contribution < -0.4 is 21.6 Å². The van der Waals surface area contributed by atoms with Gasteiger partial charge in [-0.3, -0.25) is 20.0 Å². The van der Waals surface area contributed by atoms with Crippen LogP contribution in [-0.2, 0) is 0 Å². The summed E-state index contributed by atoms with van der Waals surface area (Å²) in [6.45, 7) is 1.59. The Morgan fingerprint density at radius 2 is 2.05 bits per heavy atom. The van der Waals surface area contributed by atoms with Crippen LogP contribution in [0.1, 0.15) is 35.7 Å². The topological polar surface area (TPSA) is 114 Å². The second-order valence-electron chi connectivity index (χ2n) is 9.25. The number of hydrogen-bond donors (Lipinski definition) is 4. The zero-order chi connectivity index (χ0) is 26.2. The van der Waals surface area contributed by atoms with Crippen molar-refractivity contribution in [3.8, 4) is 6.07 Å². The number of anilines is 3. The molecule has 38 heavy (non-hydrogen) atoms. The van der Waals surface area contributed by atoms with Crippen LogP contribution in [0.25, 0.3) is 10.9 Å². The molecule has 11 heteroatoms. The quantitative estimate of drug-likeness (QED) is 0.257. The number of rotatable bonds is 7. The van der Waals surface area contributed by atoms with Gasteiger partial charge in [0.25, 0.3) is 0 Å². The third-order valence-electron chi connectivity index (χ3n) is 6.53. The number of aryl methyl sites for hydroxylation is 1. The molecule has 0 spiro atoms. The molecule has 0 amide bonds. The highest BCUT2D eigenvalue weighted by molar-refractivity contribution is 6.36. The second-order valence-corrected chi connectivity index (χ2v) is 9.66. The van der Waals surface area contributed by atoms with Gasteiger partial charge in [-0.05, 0) is 43.5 Å². The second kappa shape index (κ2) is 9.78. The number of hydrogen-bond acceptors (Lipinski definition) is 9. The van der Waals surface area contributed by atoms with E-state index < -0.39 is 5.82 Å². The first-order valence-corrected chi connectivity index (χ1v) is 12.5. The lowest BCUT2D eigenvalue weighted by atomic mass is 10.0. The molecule has 4 heterocycles. The average Bonchev–Trinajstić information content (AvgIpc) is 3.67. The fourth-order valence-corrected chi connectivity index (χ4v) is 4.64. The van der Waals surface area contributed by atoms with Crippen LogP contribution in [0.4, 0.5) is 21.5 Å². The van der Waals surface area contributed by atoms with E-state index in [-0.39, 0.29) is 11.7 Å². The van der Waals surface area contributed by atoms with Crippen molar-refractivity contribution in [1.82, 2.24) is 30.9 Å². The predicted molar refractivity (Wildman–Crippen MR) is 143 cm³/mol. The van der Waals surface area contributed by atoms with E-state index in [1.54, 1.807) is 19.2 Å². The molecule has 2 aliphatic rings. The van der Waals surface area contributed by atoms with Crippen LogP contribution in [0, 0.1) is 24.1 Å². The largest absolute Gasteiger partial charge is 0.373 e. The molecule has 9 nitrogen and oxygen atoms in total. The van der Waals surface area contributed by atoms with Gasteiger partial charge in [-0.25, -0.2) is 4.39 Å². The number of pyridine rings is 3. The fraction of sp³-hybridized carbons (Fsp3) is 0.185. The number of nitrogens with one attached hydrogen (secondary N) is 4. The molecule has 1 aromatic carbocycles. The van der Waals surface area contributed by atoms with Crippen molar-refractivity contribution in [1.29, 1.82) is 5.26 Å². The number of fused-ring (bicyclic) bond motifs is 1. The highest BCUT2D eigenvalue weighted by atomic mass is 35.5. The van der Waals surface area contributed by atoms with E-state index in [0.29, 0.717) is 44.6 Å². The third kappa shape index (κ3) is 4.65. The Morgan fingerprint density at radius 3 is 2.79 bits per heavy atom. The maximum atomic E-state index is 14.2. The molecule has 0 unspecified atom stereocenters. The first kappa shape index (κ1) is 23.9. The van der Waals surface area contributed by atoms with Crippen molar-refractivity contribution in [2.45, 2.75) is 31.8 Å². The summed E-state index contributed by atoms with van der Waals surface area (Å²) in [5, 5.41) is 19.6. The molecule has 0 saturated heterocycles. The highest BCUT2D eigenvalue weighted by Crippen LogP contribution is 2.37. The zero-order valence-corrected chi connectivity index (χ0v) is 21.1. The van der Waals surface area contributed by atoms with E-state index in [1.807, 2.05) is 24.4 Å². The lowest BCUT2D eigenvalue weighted by Gasteiger charge is -2.22. The van der Waals surface area contributed by atoms with Crippen molar-refractivity contribution in [3.63, 3.8) is 0 Å². The smallest absolute Gasteiger partial charge is 0.146 e. The minimum Gasteiger partial charge on any atom is -0.373 e. The van der Waals surface area contributed by atoms with Crippen molar-refractivity contribution >= 4 is 39.6 Å². The summed E-state index contributed by atoms with van der Waals surface area (Å²) in [7, 11) is 0. The summed E-state index contributed by atoms with van der Waals surface area (Å²) < 4.78 is 14.2. The van der Waals surface area contributed by atoms with Crippen molar-refractivity contribution < 1.29 is 4.39 Å². The average molecular weight is 528 g/mol. The molecule has 1 aliphatic carbocycles. The summed E-state index contributed by atoms with van der Waals surface area (Å²) in [4.78, 5) is 12.8. The van der Waals surface area contributed by atoms with Crippen LogP contribution in [0.2, 0.25) is 5.02 Å². The summed E-state index contributed by atoms with van der Waals surface area (Å²) in [5.74, 6) is -0.447. The van der Waals surface area contributed by atoms with Crippen LogP contribution >= 0.6 is 11.6 Å². The van der Waals surface area contributed by atoms with Gasteiger partial charge in [0.1, 0.15) is 11.9 Å². The summed E-state index contributed by atoms with van der Waals surface area (Å²) >= 11 is 6.69. The molecule has 1 atom stereocenters. The van der Waals surface area contributed by atoms with Gasteiger partial charge in [-0.1, -0.05) is 17.7 Å². The maximum Gasteiger partial charge on any atom is 0.146 e. The minimum absolute atomic E-state index is 0.271. The van der Waals surface area contributed by atoms with Gasteiger partial charge in [0, 0.05) is 48.0 Å². The molecule has 1 saturated carbocycles. The predicted octanol–water partition coefficient (Wildman–Crippen LogP) is 5.22. The number of aromatic nitrogens is 3. The van der Waals surface area contributed by atoms with E-state index in [2.05, 4.69) is 53.8 Å². The van der Waals surface area contributed by atoms with E-state index in [9.17, 15) is 9.65 Å². The molecular weight excluding hydrogens is 505 g/mol. The lowest BCUT2D eigenvalue weighted by Crippen LogP contribution is -2.38. The summed E-state index contributed by atoms with van der Waals surface area (Å²) in [6.07, 6.45) is 10.9. The molecule has 4 aromatic rings. The zero-order valence-electron chi connectivity index (χ0n) is 20.3. The Bertz CT molecular complexity index is 1600. The molecule has 0 bridgehead atoms. The molecular formula is C27H23ClFN9. The Morgan fingerprint density at radius 1 is 1.18 bits per heavy atom. The minimum atomic E-state index is -0.447. The molecule has 3 aromatic heterocycles. The van der Waals surface area contributed by atoms with Crippen LogP contribution in [-0.4, -0.2) is 26.0 Å². The fourth-order valence-electron chi connectivity index (χ4n) is 4.37. The number of nitriles is 1.